The summed E-state index contributed by atoms with van der Waals surface area (Å²) in [5, 5.41) is 15.2. The van der Waals surface area contributed by atoms with Crippen LogP contribution < -0.4 is 15.2 Å². The number of benzene rings is 1. The third-order valence-electron chi connectivity index (χ3n) is 7.37. The van der Waals surface area contributed by atoms with E-state index in [-0.39, 0.29) is 65.2 Å². The van der Waals surface area contributed by atoms with Crippen LogP contribution in [0.15, 0.2) is 44.4 Å². The van der Waals surface area contributed by atoms with Gasteiger partial charge in [-0.05, 0) is 37.1 Å². The summed E-state index contributed by atoms with van der Waals surface area (Å²) >= 11 is 1.21. The topological polar surface area (TPSA) is 181 Å². The largest absolute Gasteiger partial charge is 0.466 e. The zero-order chi connectivity index (χ0) is 31.9. The molecule has 234 valence electrons. The second-order valence-electron chi connectivity index (χ2n) is 10.8. The van der Waals surface area contributed by atoms with E-state index in [0.717, 1.165) is 0 Å². The number of aromatic nitrogens is 6. The predicted molar refractivity (Wildman–Crippen MR) is 156 cm³/mol. The smallest absolute Gasteiger partial charge is 0.415 e. The van der Waals surface area contributed by atoms with Crippen LogP contribution >= 0.6 is 11.8 Å². The summed E-state index contributed by atoms with van der Waals surface area (Å²) in [6.07, 6.45) is 4.01. The summed E-state index contributed by atoms with van der Waals surface area (Å²) < 4.78 is 51.0. The number of amides is 1. The Labute approximate surface area is 259 Å². The SMILES string of the molecule is Cc1nnc(COc2nnc(COc3cnc(/C(F)=C/c4ccc(F)c([C@@]5(C)N=C(N)S[C@@]6(C(=O)N(C)C)C[C@H]65)c4)cn3)o2)o1. The van der Waals surface area contributed by atoms with Crippen molar-refractivity contribution in [2.24, 2.45) is 16.6 Å². The molecule has 0 spiro atoms. The summed E-state index contributed by atoms with van der Waals surface area (Å²) in [5.41, 5.74) is 5.54. The minimum Gasteiger partial charge on any atom is -0.466 e. The Bertz CT molecular complexity index is 1810. The zero-order valence-electron chi connectivity index (χ0n) is 24.5. The van der Waals surface area contributed by atoms with E-state index in [9.17, 15) is 4.79 Å². The molecule has 3 aromatic heterocycles. The van der Waals surface area contributed by atoms with Crippen molar-refractivity contribution in [2.45, 2.75) is 43.8 Å². The number of nitrogens with zero attached hydrogens (tertiary/aromatic N) is 8. The molecular formula is C28H27F2N9O5S. The van der Waals surface area contributed by atoms with E-state index in [1.165, 1.54) is 53.3 Å². The fraction of sp³-hybridized carbons (Fsp3) is 0.357. The van der Waals surface area contributed by atoms with Gasteiger partial charge in [-0.2, -0.15) is 0 Å². The molecule has 0 radical (unpaired) electrons. The van der Waals surface area contributed by atoms with Crippen LogP contribution in [0.25, 0.3) is 11.9 Å². The highest BCUT2D eigenvalue weighted by Crippen LogP contribution is 2.66. The lowest BCUT2D eigenvalue weighted by Gasteiger charge is -2.34. The number of thioether (sulfide) groups is 1. The maximum absolute atomic E-state index is 15.2. The number of aryl methyl sites for hydroxylation is 1. The number of halogens is 2. The van der Waals surface area contributed by atoms with Crippen LogP contribution in [0.3, 0.4) is 0 Å². The van der Waals surface area contributed by atoms with Gasteiger partial charge in [-0.25, -0.2) is 18.7 Å². The van der Waals surface area contributed by atoms with Crippen molar-refractivity contribution in [2.75, 3.05) is 14.1 Å². The Hall–Kier alpha value is -4.93. The van der Waals surface area contributed by atoms with Crippen molar-refractivity contribution >= 4 is 34.7 Å². The molecule has 1 saturated carbocycles. The number of carbonyl (C=O) groups excluding carboxylic acids is 1. The molecule has 17 heteroatoms. The molecule has 0 bridgehead atoms. The van der Waals surface area contributed by atoms with Crippen LogP contribution in [0.4, 0.5) is 8.78 Å². The Morgan fingerprint density at radius 3 is 2.60 bits per heavy atom. The highest BCUT2D eigenvalue weighted by Gasteiger charge is 2.71. The minimum atomic E-state index is -1.11. The van der Waals surface area contributed by atoms with Gasteiger partial charge in [0.15, 0.2) is 24.2 Å². The number of carbonyl (C=O) groups is 1. The first kappa shape index (κ1) is 30.1. The summed E-state index contributed by atoms with van der Waals surface area (Å²) in [4.78, 5) is 27.2. The molecule has 1 fully saturated rings. The van der Waals surface area contributed by atoms with E-state index < -0.39 is 21.9 Å². The molecule has 1 aromatic carbocycles. The molecular weight excluding hydrogens is 612 g/mol. The first-order valence-corrected chi connectivity index (χ1v) is 14.4. The van der Waals surface area contributed by atoms with Crippen LogP contribution in [0.2, 0.25) is 0 Å². The number of aliphatic imine (C=N–C) groups is 1. The van der Waals surface area contributed by atoms with Crippen LogP contribution in [0, 0.1) is 18.7 Å². The maximum atomic E-state index is 15.2. The third-order valence-corrected chi connectivity index (χ3v) is 8.66. The van der Waals surface area contributed by atoms with Gasteiger partial charge in [0.05, 0.1) is 17.9 Å². The fourth-order valence-corrected chi connectivity index (χ4v) is 6.70. The molecule has 4 aromatic rings. The van der Waals surface area contributed by atoms with Gasteiger partial charge in [-0.15, -0.1) is 15.3 Å². The van der Waals surface area contributed by atoms with Gasteiger partial charge in [0.1, 0.15) is 16.3 Å². The lowest BCUT2D eigenvalue weighted by Crippen LogP contribution is -2.43. The Kier molecular flexibility index (Phi) is 7.72. The highest BCUT2D eigenvalue weighted by molar-refractivity contribution is 8.15. The number of hydrogen-bond donors (Lipinski definition) is 1. The summed E-state index contributed by atoms with van der Waals surface area (Å²) in [7, 11) is 3.34. The third kappa shape index (κ3) is 5.94. The molecule has 14 nitrogen and oxygen atoms in total. The standard InChI is InChI=1S/C28H27F2N9O5S/c1-14-35-36-22(43-14)13-42-26-38-37-23(44-26)12-41-21-11-32-19(10-33-21)18(30)8-15-5-6-17(29)16(7-15)27(2)20-9-28(20,24(40)39(3)4)45-25(31)34-27/h5-8,10-11,20H,9,12-13H2,1-4H3,(H2,31,34)/b18-8-/t20-,27+,28-/m0/s1. The van der Waals surface area contributed by atoms with E-state index in [1.54, 1.807) is 27.9 Å². The number of rotatable bonds is 10. The lowest BCUT2D eigenvalue weighted by molar-refractivity contribution is -0.129. The molecule has 2 N–H and O–H groups in total. The molecule has 4 heterocycles. The van der Waals surface area contributed by atoms with Gasteiger partial charge in [-0.1, -0.05) is 22.9 Å². The number of hydrogen-bond acceptors (Lipinski definition) is 14. The molecule has 1 aliphatic carbocycles. The average molecular weight is 640 g/mol. The molecule has 1 amide bonds. The van der Waals surface area contributed by atoms with Gasteiger partial charge in [0.2, 0.25) is 17.7 Å². The second kappa shape index (κ2) is 11.5. The molecule has 1 aliphatic heterocycles. The van der Waals surface area contributed by atoms with E-state index >= 15 is 8.78 Å². The fourth-order valence-electron chi connectivity index (χ4n) is 5.20. The molecule has 0 saturated heterocycles. The van der Waals surface area contributed by atoms with Gasteiger partial charge in [0.25, 0.3) is 11.8 Å². The number of fused-ring (bicyclic) bond motifs is 1. The lowest BCUT2D eigenvalue weighted by atomic mass is 9.84. The van der Waals surface area contributed by atoms with Crippen molar-refractivity contribution in [1.82, 2.24) is 35.3 Å². The second-order valence-corrected chi connectivity index (χ2v) is 12.1. The average Bonchev–Trinajstić information content (AvgIpc) is 3.35. The van der Waals surface area contributed by atoms with E-state index in [0.29, 0.717) is 17.9 Å². The van der Waals surface area contributed by atoms with E-state index in [2.05, 4.69) is 35.4 Å². The van der Waals surface area contributed by atoms with E-state index in [4.69, 9.17) is 24.0 Å². The maximum Gasteiger partial charge on any atom is 0.415 e. The number of amidine groups is 1. The molecule has 2 aliphatic rings. The molecule has 6 rings (SSSR count). The van der Waals surface area contributed by atoms with E-state index in [1.807, 2.05) is 0 Å². The van der Waals surface area contributed by atoms with Crippen molar-refractivity contribution in [3.8, 4) is 12.0 Å². The first-order chi connectivity index (χ1) is 21.5. The molecule has 45 heavy (non-hydrogen) atoms. The van der Waals surface area contributed by atoms with Crippen LogP contribution in [-0.2, 0) is 23.5 Å². The summed E-state index contributed by atoms with van der Waals surface area (Å²) in [6.45, 7) is 3.21. The normalized spacial score (nSPS) is 22.4. The quantitative estimate of drug-likeness (QED) is 0.267. The highest BCUT2D eigenvalue weighted by atomic mass is 32.2. The predicted octanol–water partition coefficient (Wildman–Crippen LogP) is 3.44. The molecule has 3 atom stereocenters. The Morgan fingerprint density at radius 1 is 1.13 bits per heavy atom. The molecule has 0 unspecified atom stereocenters. The van der Waals surface area contributed by atoms with Crippen molar-refractivity contribution in [1.29, 1.82) is 0 Å². The summed E-state index contributed by atoms with van der Waals surface area (Å²) in [5.74, 6) is -0.788. The van der Waals surface area contributed by atoms with Crippen LogP contribution in [0.5, 0.6) is 12.0 Å². The van der Waals surface area contributed by atoms with Crippen LogP contribution in [0.1, 0.15) is 47.8 Å². The Morgan fingerprint density at radius 2 is 1.89 bits per heavy atom. The van der Waals surface area contributed by atoms with Crippen molar-refractivity contribution in [3.63, 3.8) is 0 Å². The monoisotopic (exact) mass is 639 g/mol. The van der Waals surface area contributed by atoms with Crippen LogP contribution in [-0.4, -0.2) is 65.2 Å². The first-order valence-electron chi connectivity index (χ1n) is 13.6. The zero-order valence-corrected chi connectivity index (χ0v) is 25.3. The Balaban J connectivity index is 1.11. The van der Waals surface area contributed by atoms with Crippen molar-refractivity contribution in [3.05, 3.63) is 70.9 Å². The minimum absolute atomic E-state index is 0.0470. The van der Waals surface area contributed by atoms with Gasteiger partial charge < -0.3 is 28.9 Å². The van der Waals surface area contributed by atoms with Gasteiger partial charge in [-0.3, -0.25) is 9.79 Å². The number of nitrogens with two attached hydrogens (primary N) is 1. The summed E-state index contributed by atoms with van der Waals surface area (Å²) in [6, 6.07) is 4.20. The van der Waals surface area contributed by atoms with Crippen molar-refractivity contribution < 1.29 is 31.9 Å². The number of ether oxygens (including phenoxy) is 2. The van der Waals surface area contributed by atoms with Gasteiger partial charge >= 0.3 is 6.08 Å². The van der Waals surface area contributed by atoms with Gasteiger partial charge in [0, 0.05) is 32.5 Å².